The molecule has 0 heterocycles. The molecule has 22 heavy (non-hydrogen) atoms. The summed E-state index contributed by atoms with van der Waals surface area (Å²) in [6.07, 6.45) is 3.53. The molecule has 1 aliphatic carbocycles. The van der Waals surface area contributed by atoms with Crippen molar-refractivity contribution in [2.75, 3.05) is 14.1 Å². The van der Waals surface area contributed by atoms with Crippen molar-refractivity contribution in [2.24, 2.45) is 5.92 Å². The first-order valence-electron chi connectivity index (χ1n) is 8.45. The highest BCUT2D eigenvalue weighted by molar-refractivity contribution is 5.81. The second-order valence-electron chi connectivity index (χ2n) is 6.88. The summed E-state index contributed by atoms with van der Waals surface area (Å²) < 4.78 is 0. The van der Waals surface area contributed by atoms with Gasteiger partial charge in [-0.25, -0.2) is 0 Å². The monoisotopic (exact) mass is 303 g/mol. The first-order valence-corrected chi connectivity index (χ1v) is 8.45. The Bertz CT molecular complexity index is 481. The molecule has 0 spiro atoms. The molecule has 0 saturated heterocycles. The van der Waals surface area contributed by atoms with Gasteiger partial charge in [-0.1, -0.05) is 31.2 Å². The summed E-state index contributed by atoms with van der Waals surface area (Å²) in [6, 6.07) is 8.76. The average Bonchev–Trinajstić information content (AvgIpc) is 2.48. The number of hydrogen-bond donors (Lipinski definition) is 1. The number of carbonyl (C=O) groups is 1. The standard InChI is InChI=1S/C19H29NO2/c1-4-5-18(21)17-12-16(10-11-19(17)22)15-8-6-14(7-9-15)13-20(2)3/h6-9,16-17,19,22H,4-5,10-13H2,1-3H3. The Balaban J connectivity index is 2.04. The van der Waals surface area contributed by atoms with Crippen molar-refractivity contribution in [1.29, 1.82) is 0 Å². The second kappa shape index (κ2) is 7.89. The fraction of sp³-hybridized carbons (Fsp3) is 0.632. The van der Waals surface area contributed by atoms with Crippen molar-refractivity contribution < 1.29 is 9.90 Å². The van der Waals surface area contributed by atoms with Gasteiger partial charge in [0.25, 0.3) is 0 Å². The molecule has 3 nitrogen and oxygen atoms in total. The highest BCUT2D eigenvalue weighted by atomic mass is 16.3. The van der Waals surface area contributed by atoms with E-state index in [9.17, 15) is 9.90 Å². The number of hydrogen-bond acceptors (Lipinski definition) is 3. The predicted molar refractivity (Wildman–Crippen MR) is 89.8 cm³/mol. The van der Waals surface area contributed by atoms with Crippen LogP contribution in [0.15, 0.2) is 24.3 Å². The third kappa shape index (κ3) is 4.40. The molecule has 1 fully saturated rings. The minimum Gasteiger partial charge on any atom is -0.392 e. The summed E-state index contributed by atoms with van der Waals surface area (Å²) in [5, 5.41) is 10.1. The molecule has 1 aromatic rings. The van der Waals surface area contributed by atoms with Crippen molar-refractivity contribution in [3.05, 3.63) is 35.4 Å². The highest BCUT2D eigenvalue weighted by Crippen LogP contribution is 2.37. The first-order chi connectivity index (χ1) is 10.5. The summed E-state index contributed by atoms with van der Waals surface area (Å²) in [5.41, 5.74) is 2.62. The van der Waals surface area contributed by atoms with Crippen LogP contribution in [-0.2, 0) is 11.3 Å². The van der Waals surface area contributed by atoms with Crippen LogP contribution in [0.4, 0.5) is 0 Å². The number of benzene rings is 1. The first kappa shape index (κ1) is 17.2. The molecule has 1 N–H and O–H groups in total. The fourth-order valence-corrected chi connectivity index (χ4v) is 3.50. The molecule has 0 aliphatic heterocycles. The van der Waals surface area contributed by atoms with E-state index in [-0.39, 0.29) is 11.7 Å². The molecule has 1 aromatic carbocycles. The largest absolute Gasteiger partial charge is 0.392 e. The van der Waals surface area contributed by atoms with Gasteiger partial charge in [0, 0.05) is 18.9 Å². The van der Waals surface area contributed by atoms with Crippen molar-refractivity contribution >= 4 is 5.78 Å². The summed E-state index contributed by atoms with van der Waals surface area (Å²) in [7, 11) is 4.14. The van der Waals surface area contributed by atoms with Crippen LogP contribution in [0.25, 0.3) is 0 Å². The molecule has 0 amide bonds. The Morgan fingerprint density at radius 3 is 2.50 bits per heavy atom. The van der Waals surface area contributed by atoms with Crippen LogP contribution in [-0.4, -0.2) is 36.0 Å². The predicted octanol–water partition coefficient (Wildman–Crippen LogP) is 3.36. The van der Waals surface area contributed by atoms with Gasteiger partial charge < -0.3 is 10.0 Å². The molecule has 3 unspecified atom stereocenters. The van der Waals surface area contributed by atoms with E-state index in [1.165, 1.54) is 11.1 Å². The number of nitrogens with zero attached hydrogens (tertiary/aromatic N) is 1. The zero-order chi connectivity index (χ0) is 16.1. The van der Waals surface area contributed by atoms with Crippen LogP contribution < -0.4 is 0 Å². The summed E-state index contributed by atoms with van der Waals surface area (Å²) >= 11 is 0. The number of aliphatic hydroxyl groups is 1. The summed E-state index contributed by atoms with van der Waals surface area (Å²) in [4.78, 5) is 14.4. The number of aliphatic hydroxyl groups excluding tert-OH is 1. The maximum Gasteiger partial charge on any atom is 0.138 e. The Labute approximate surface area is 134 Å². The topological polar surface area (TPSA) is 40.5 Å². The lowest BCUT2D eigenvalue weighted by Gasteiger charge is -2.32. The summed E-state index contributed by atoms with van der Waals surface area (Å²) in [5.74, 6) is 0.478. The zero-order valence-electron chi connectivity index (χ0n) is 14.1. The Hall–Kier alpha value is -1.19. The van der Waals surface area contributed by atoms with Crippen LogP contribution in [0.5, 0.6) is 0 Å². The van der Waals surface area contributed by atoms with E-state index in [0.717, 1.165) is 32.2 Å². The zero-order valence-corrected chi connectivity index (χ0v) is 14.1. The lowest BCUT2D eigenvalue weighted by molar-refractivity contribution is -0.128. The third-order valence-electron chi connectivity index (χ3n) is 4.67. The SMILES string of the molecule is CCCC(=O)C1CC(c2ccc(CN(C)C)cc2)CCC1O. The molecule has 1 saturated carbocycles. The van der Waals surface area contributed by atoms with E-state index in [4.69, 9.17) is 0 Å². The average molecular weight is 303 g/mol. The maximum absolute atomic E-state index is 12.2. The highest BCUT2D eigenvalue weighted by Gasteiger charge is 2.33. The van der Waals surface area contributed by atoms with Crippen molar-refractivity contribution in [1.82, 2.24) is 4.90 Å². The molecular formula is C19H29NO2. The van der Waals surface area contributed by atoms with Gasteiger partial charge in [-0.2, -0.15) is 0 Å². The Kier molecular flexibility index (Phi) is 6.16. The molecule has 1 aliphatic rings. The summed E-state index contributed by atoms with van der Waals surface area (Å²) in [6.45, 7) is 2.97. The lowest BCUT2D eigenvalue weighted by Crippen LogP contribution is -2.34. The molecular weight excluding hydrogens is 274 g/mol. The molecule has 2 rings (SSSR count). The second-order valence-corrected chi connectivity index (χ2v) is 6.88. The van der Waals surface area contributed by atoms with Gasteiger partial charge in [0.05, 0.1) is 6.10 Å². The molecule has 3 atom stereocenters. The fourth-order valence-electron chi connectivity index (χ4n) is 3.50. The van der Waals surface area contributed by atoms with E-state index in [1.54, 1.807) is 0 Å². The van der Waals surface area contributed by atoms with Gasteiger partial charge in [-0.15, -0.1) is 0 Å². The molecule has 122 valence electrons. The van der Waals surface area contributed by atoms with Crippen LogP contribution in [0.1, 0.15) is 56.1 Å². The normalized spacial score (nSPS) is 25.4. The van der Waals surface area contributed by atoms with Crippen molar-refractivity contribution in [3.8, 4) is 0 Å². The number of ketones is 1. The molecule has 0 aromatic heterocycles. The quantitative estimate of drug-likeness (QED) is 0.876. The Morgan fingerprint density at radius 1 is 1.23 bits per heavy atom. The van der Waals surface area contributed by atoms with Gasteiger partial charge >= 0.3 is 0 Å². The van der Waals surface area contributed by atoms with Gasteiger partial charge in [-0.3, -0.25) is 4.79 Å². The Morgan fingerprint density at radius 2 is 1.91 bits per heavy atom. The van der Waals surface area contributed by atoms with E-state index in [1.807, 2.05) is 6.92 Å². The molecule has 0 radical (unpaired) electrons. The molecule has 3 heteroatoms. The van der Waals surface area contributed by atoms with Crippen LogP contribution in [0.3, 0.4) is 0 Å². The van der Waals surface area contributed by atoms with Crippen molar-refractivity contribution in [2.45, 2.75) is 57.6 Å². The van der Waals surface area contributed by atoms with E-state index in [0.29, 0.717) is 12.3 Å². The minimum absolute atomic E-state index is 0.167. The van der Waals surface area contributed by atoms with Crippen LogP contribution in [0, 0.1) is 5.92 Å². The third-order valence-corrected chi connectivity index (χ3v) is 4.67. The van der Waals surface area contributed by atoms with E-state index < -0.39 is 6.10 Å². The maximum atomic E-state index is 12.2. The van der Waals surface area contributed by atoms with Gasteiger partial charge in [-0.05, 0) is 56.8 Å². The number of rotatable bonds is 6. The van der Waals surface area contributed by atoms with E-state index in [2.05, 4.69) is 43.3 Å². The van der Waals surface area contributed by atoms with Crippen LogP contribution in [0.2, 0.25) is 0 Å². The van der Waals surface area contributed by atoms with Gasteiger partial charge in [0.2, 0.25) is 0 Å². The van der Waals surface area contributed by atoms with Crippen molar-refractivity contribution in [3.63, 3.8) is 0 Å². The number of Topliss-reactive ketones (excluding diaryl/α,β-unsaturated/α-hetero) is 1. The lowest BCUT2D eigenvalue weighted by atomic mass is 9.74. The van der Waals surface area contributed by atoms with Crippen LogP contribution >= 0.6 is 0 Å². The van der Waals surface area contributed by atoms with Gasteiger partial charge in [0.1, 0.15) is 5.78 Å². The minimum atomic E-state index is -0.441. The number of carbonyl (C=O) groups excluding carboxylic acids is 1. The van der Waals surface area contributed by atoms with Gasteiger partial charge in [0.15, 0.2) is 0 Å². The smallest absolute Gasteiger partial charge is 0.138 e. The van der Waals surface area contributed by atoms with E-state index >= 15 is 0 Å². The molecule has 0 bridgehead atoms.